The molecule has 2 N–H and O–H groups in total. The Labute approximate surface area is 166 Å². The summed E-state index contributed by atoms with van der Waals surface area (Å²) in [7, 11) is -1.47. The number of guanidine groups is 1. The van der Waals surface area contributed by atoms with E-state index in [-0.39, 0.29) is 5.75 Å². The largest absolute Gasteiger partial charge is 0.369 e. The van der Waals surface area contributed by atoms with E-state index in [1.165, 1.54) is 5.69 Å². The first-order valence-electron chi connectivity index (χ1n) is 9.41. The van der Waals surface area contributed by atoms with Crippen LogP contribution in [0, 0.1) is 0 Å². The van der Waals surface area contributed by atoms with Crippen LogP contribution in [0.25, 0.3) is 0 Å². The maximum absolute atomic E-state index is 12.4. The third-order valence-corrected chi connectivity index (χ3v) is 7.70. The second kappa shape index (κ2) is 9.66. The fourth-order valence-corrected chi connectivity index (χ4v) is 5.88. The average Bonchev–Trinajstić information content (AvgIpc) is 3.17. The fourth-order valence-electron chi connectivity index (χ4n) is 3.39. The molecule has 2 saturated heterocycles. The first-order chi connectivity index (χ1) is 13.1. The second-order valence-electron chi connectivity index (χ2n) is 6.74. The van der Waals surface area contributed by atoms with E-state index in [0.29, 0.717) is 31.6 Å². The number of hydrogen-bond donors (Lipinski definition) is 2. The van der Waals surface area contributed by atoms with Crippen LogP contribution in [0.1, 0.15) is 6.42 Å². The number of para-hydroxylation sites is 1. The van der Waals surface area contributed by atoms with E-state index in [2.05, 4.69) is 44.8 Å². The number of nitrogens with zero attached hydrogens (tertiary/aromatic N) is 3. The molecule has 3 rings (SSSR count). The summed E-state index contributed by atoms with van der Waals surface area (Å²) in [4.78, 5) is 6.60. The quantitative estimate of drug-likeness (QED) is 0.533. The van der Waals surface area contributed by atoms with Crippen molar-refractivity contribution in [2.75, 3.05) is 61.9 Å². The van der Waals surface area contributed by atoms with Crippen LogP contribution in [0.5, 0.6) is 0 Å². The smallest absolute Gasteiger partial charge is 0.215 e. The number of sulfonamides is 1. The summed E-state index contributed by atoms with van der Waals surface area (Å²) < 4.78 is 26.4. The molecule has 0 amide bonds. The number of rotatable bonds is 6. The number of benzene rings is 1. The van der Waals surface area contributed by atoms with Crippen LogP contribution in [0.4, 0.5) is 5.69 Å². The van der Waals surface area contributed by atoms with Crippen LogP contribution in [0.15, 0.2) is 35.3 Å². The highest BCUT2D eigenvalue weighted by molar-refractivity contribution is 7.99. The molecule has 2 aliphatic rings. The summed E-state index contributed by atoms with van der Waals surface area (Å²) in [6.45, 7) is 3.52. The van der Waals surface area contributed by atoms with Gasteiger partial charge in [0.15, 0.2) is 5.96 Å². The van der Waals surface area contributed by atoms with Crippen LogP contribution in [-0.2, 0) is 10.0 Å². The van der Waals surface area contributed by atoms with Crippen molar-refractivity contribution in [3.05, 3.63) is 30.3 Å². The number of nitrogens with one attached hydrogen (secondary N) is 2. The Morgan fingerprint density at radius 1 is 1.22 bits per heavy atom. The Bertz CT molecular complexity index is 721. The molecule has 2 heterocycles. The second-order valence-corrected chi connectivity index (χ2v) is 10.1. The molecule has 9 heteroatoms. The number of anilines is 1. The minimum absolute atomic E-state index is 0.0964. The Morgan fingerprint density at radius 3 is 2.67 bits per heavy atom. The summed E-state index contributed by atoms with van der Waals surface area (Å²) in [5, 5.41) is 6.57. The molecule has 27 heavy (non-hydrogen) atoms. The molecule has 2 aliphatic heterocycles. The van der Waals surface area contributed by atoms with E-state index in [0.717, 1.165) is 31.0 Å². The van der Waals surface area contributed by atoms with Gasteiger partial charge in [-0.25, -0.2) is 12.7 Å². The molecule has 1 unspecified atom stereocenters. The zero-order valence-corrected chi connectivity index (χ0v) is 17.4. The van der Waals surface area contributed by atoms with Crippen molar-refractivity contribution in [2.24, 2.45) is 4.99 Å². The first-order valence-corrected chi connectivity index (χ1v) is 12.2. The lowest BCUT2D eigenvalue weighted by Gasteiger charge is -2.26. The molecular weight excluding hydrogens is 382 g/mol. The molecule has 0 aliphatic carbocycles. The summed E-state index contributed by atoms with van der Waals surface area (Å²) in [6, 6.07) is 10.7. The van der Waals surface area contributed by atoms with Gasteiger partial charge in [-0.2, -0.15) is 11.8 Å². The van der Waals surface area contributed by atoms with Gasteiger partial charge in [-0.05, 0) is 18.6 Å². The van der Waals surface area contributed by atoms with E-state index in [4.69, 9.17) is 0 Å². The van der Waals surface area contributed by atoms with Crippen LogP contribution in [-0.4, -0.2) is 81.8 Å². The van der Waals surface area contributed by atoms with E-state index >= 15 is 0 Å². The van der Waals surface area contributed by atoms with Crippen LogP contribution < -0.4 is 15.5 Å². The maximum atomic E-state index is 12.4. The lowest BCUT2D eigenvalue weighted by molar-refractivity contribution is 0.443. The zero-order chi connectivity index (χ0) is 19.1. The standard InChI is InChI=1S/C18H29N5O2S2/c1-19-18(20-8-14-27(24,25)23-10-12-26-13-11-23)21-16-7-9-22(15-16)17-5-3-2-4-6-17/h2-6,16H,7-15H2,1H3,(H2,19,20,21). The predicted molar refractivity (Wildman–Crippen MR) is 114 cm³/mol. The van der Waals surface area contributed by atoms with Crippen molar-refractivity contribution in [1.29, 1.82) is 0 Å². The predicted octanol–water partition coefficient (Wildman–Crippen LogP) is 0.809. The van der Waals surface area contributed by atoms with E-state index in [9.17, 15) is 8.42 Å². The van der Waals surface area contributed by atoms with Crippen LogP contribution in [0.2, 0.25) is 0 Å². The summed E-state index contributed by atoms with van der Waals surface area (Å²) in [6.07, 6.45) is 1.03. The molecule has 1 aromatic rings. The molecule has 150 valence electrons. The molecule has 1 aromatic carbocycles. The fraction of sp³-hybridized carbons (Fsp3) is 0.611. The maximum Gasteiger partial charge on any atom is 0.215 e. The van der Waals surface area contributed by atoms with Gasteiger partial charge in [-0.15, -0.1) is 0 Å². The molecule has 1 atom stereocenters. The molecule has 0 radical (unpaired) electrons. The van der Waals surface area contributed by atoms with Crippen LogP contribution in [0.3, 0.4) is 0 Å². The van der Waals surface area contributed by atoms with Gasteiger partial charge in [0.05, 0.1) is 5.75 Å². The highest BCUT2D eigenvalue weighted by Gasteiger charge is 2.25. The van der Waals surface area contributed by atoms with Crippen molar-refractivity contribution >= 4 is 33.4 Å². The van der Waals surface area contributed by atoms with Crippen LogP contribution >= 0.6 is 11.8 Å². The third-order valence-electron chi connectivity index (χ3n) is 4.89. The molecule has 0 spiro atoms. The van der Waals surface area contributed by atoms with E-state index in [1.54, 1.807) is 11.4 Å². The third kappa shape index (κ3) is 5.76. The lowest BCUT2D eigenvalue weighted by atomic mass is 10.3. The van der Waals surface area contributed by atoms with Gasteiger partial charge in [0.1, 0.15) is 0 Å². The number of hydrogen-bond acceptors (Lipinski definition) is 5. The van der Waals surface area contributed by atoms with Gasteiger partial charge >= 0.3 is 0 Å². The normalized spacial score (nSPS) is 22.0. The van der Waals surface area contributed by atoms with Crippen molar-refractivity contribution in [3.8, 4) is 0 Å². The summed E-state index contributed by atoms with van der Waals surface area (Å²) in [5.41, 5.74) is 1.23. The number of thioether (sulfide) groups is 1. The topological polar surface area (TPSA) is 77.0 Å². The SMILES string of the molecule is CN=C(NCCS(=O)(=O)N1CCSCC1)NC1CCN(c2ccccc2)C1. The molecule has 0 bridgehead atoms. The Kier molecular flexibility index (Phi) is 7.26. The van der Waals surface area contributed by atoms with E-state index in [1.807, 2.05) is 17.8 Å². The highest BCUT2D eigenvalue weighted by atomic mass is 32.2. The first kappa shape index (κ1) is 20.3. The Hall–Kier alpha value is -1.45. The van der Waals surface area contributed by atoms with Gasteiger partial charge in [0.25, 0.3) is 0 Å². The monoisotopic (exact) mass is 411 g/mol. The van der Waals surface area contributed by atoms with Gasteiger partial charge in [-0.1, -0.05) is 18.2 Å². The van der Waals surface area contributed by atoms with Gasteiger partial charge in [0, 0.05) is 63.0 Å². The van der Waals surface area contributed by atoms with Crippen molar-refractivity contribution in [3.63, 3.8) is 0 Å². The minimum atomic E-state index is -3.19. The van der Waals surface area contributed by atoms with Gasteiger partial charge < -0.3 is 15.5 Å². The molecule has 2 fully saturated rings. The molecule has 7 nitrogen and oxygen atoms in total. The molecule has 0 saturated carbocycles. The molecular formula is C18H29N5O2S2. The van der Waals surface area contributed by atoms with Crippen molar-refractivity contribution in [1.82, 2.24) is 14.9 Å². The minimum Gasteiger partial charge on any atom is -0.369 e. The zero-order valence-electron chi connectivity index (χ0n) is 15.8. The Morgan fingerprint density at radius 2 is 1.96 bits per heavy atom. The average molecular weight is 412 g/mol. The lowest BCUT2D eigenvalue weighted by Crippen LogP contribution is -2.47. The molecule has 0 aromatic heterocycles. The van der Waals surface area contributed by atoms with Crippen molar-refractivity contribution in [2.45, 2.75) is 12.5 Å². The highest BCUT2D eigenvalue weighted by Crippen LogP contribution is 2.19. The Balaban J connectivity index is 1.43. The van der Waals surface area contributed by atoms with Gasteiger partial charge in [0.2, 0.25) is 10.0 Å². The van der Waals surface area contributed by atoms with E-state index < -0.39 is 10.0 Å². The van der Waals surface area contributed by atoms with Gasteiger partial charge in [-0.3, -0.25) is 4.99 Å². The van der Waals surface area contributed by atoms with Crippen molar-refractivity contribution < 1.29 is 8.42 Å². The number of aliphatic imine (C=N–C) groups is 1. The summed E-state index contributed by atoms with van der Waals surface area (Å²) >= 11 is 1.81. The summed E-state index contributed by atoms with van der Waals surface area (Å²) in [5.74, 6) is 2.53.